The van der Waals surface area contributed by atoms with E-state index in [0.717, 1.165) is 52.9 Å². The number of ether oxygens (including phenoxy) is 11. The van der Waals surface area contributed by atoms with Crippen LogP contribution in [0.2, 0.25) is 10.1 Å². The molecule has 12 rings (SSSR count). The number of hydrogen-bond donors (Lipinski definition) is 0. The highest BCUT2D eigenvalue weighted by molar-refractivity contribution is 7.00. The van der Waals surface area contributed by atoms with Crippen LogP contribution in [0.3, 0.4) is 0 Å². The molecule has 4 aliphatic heterocycles. The van der Waals surface area contributed by atoms with E-state index in [-0.39, 0.29) is 59.7 Å². The molecule has 0 aromatic heterocycles. The van der Waals surface area contributed by atoms with Crippen LogP contribution in [0.5, 0.6) is 0 Å². The summed E-state index contributed by atoms with van der Waals surface area (Å²) in [5.74, 6) is -2.77. The summed E-state index contributed by atoms with van der Waals surface area (Å²) >= 11 is 0. The van der Waals surface area contributed by atoms with Gasteiger partial charge < -0.3 is 61.0 Å². The average Bonchev–Trinajstić information content (AvgIpc) is 1.48. The zero-order valence-corrected chi connectivity index (χ0v) is 64.3. The maximum atomic E-state index is 15.3. The largest absolute Gasteiger partial charge is 0.456 e. The Bertz CT molecular complexity index is 3540. The van der Waals surface area contributed by atoms with Crippen LogP contribution in [0, 0.1) is 52.3 Å². The minimum Gasteiger partial charge on any atom is -0.456 e. The number of rotatable bonds is 19. The van der Waals surface area contributed by atoms with Gasteiger partial charge in [0.05, 0.1) is 32.0 Å². The molecule has 4 heterocycles. The summed E-state index contributed by atoms with van der Waals surface area (Å²) in [6, 6.07) is 39.9. The van der Waals surface area contributed by atoms with Gasteiger partial charge in [0.1, 0.15) is 24.1 Å². The quantitative estimate of drug-likeness (QED) is 0.0368. The molecule has 4 saturated carbocycles. The summed E-state index contributed by atoms with van der Waals surface area (Å²) in [7, 11) is -6.92. The van der Waals surface area contributed by atoms with Gasteiger partial charge >= 0.3 is 29.8 Å². The molecule has 1 spiro atoms. The minimum atomic E-state index is -3.49. The van der Waals surface area contributed by atoms with Crippen molar-refractivity contribution in [3.63, 3.8) is 0 Å². The second-order valence-electron chi connectivity index (χ2n) is 33.2. The Hall–Kier alpha value is -5.99. The third kappa shape index (κ3) is 14.2. The first-order chi connectivity index (χ1) is 48.3. The summed E-state index contributed by atoms with van der Waals surface area (Å²) in [5, 5.41) is 2.64. The minimum absolute atomic E-state index is 0.0460. The molecule has 0 bridgehead atoms. The highest BCUT2D eigenvalue weighted by Crippen LogP contribution is 2.71. The highest BCUT2D eigenvalue weighted by Gasteiger charge is 2.71. The number of carbonyl (C=O) groups excluding carboxylic acids is 6. The molecule has 0 N–H and O–H groups in total. The Kier molecular flexibility index (Phi) is 22.1. The molecular formula is C81H108O19Si2. The number of fused-ring (bicyclic) bond motifs is 7. The van der Waals surface area contributed by atoms with Gasteiger partial charge in [0.25, 0.3) is 16.6 Å². The number of esters is 5. The van der Waals surface area contributed by atoms with Crippen molar-refractivity contribution in [1.29, 1.82) is 0 Å². The first-order valence-corrected chi connectivity index (χ1v) is 41.0. The molecule has 0 amide bonds. The van der Waals surface area contributed by atoms with Gasteiger partial charge in [-0.3, -0.25) is 28.8 Å². The fourth-order valence-electron chi connectivity index (χ4n) is 20.5. The fourth-order valence-corrected chi connectivity index (χ4v) is 29.6. The van der Waals surface area contributed by atoms with Crippen molar-refractivity contribution in [2.45, 2.75) is 251 Å². The Balaban J connectivity index is 0.912. The lowest BCUT2D eigenvalue weighted by Crippen LogP contribution is -2.70. The van der Waals surface area contributed by atoms with Gasteiger partial charge in [0.15, 0.2) is 48.9 Å². The third-order valence-electron chi connectivity index (χ3n) is 24.6. The van der Waals surface area contributed by atoms with Crippen LogP contribution in [-0.2, 0) is 89.7 Å². The van der Waals surface area contributed by atoms with Gasteiger partial charge in [0, 0.05) is 59.3 Å². The van der Waals surface area contributed by atoms with E-state index < -0.39 is 130 Å². The maximum absolute atomic E-state index is 15.3. The molecule has 3 unspecified atom stereocenters. The zero-order chi connectivity index (χ0) is 73.1. The Morgan fingerprint density at radius 2 is 0.941 bits per heavy atom. The summed E-state index contributed by atoms with van der Waals surface area (Å²) in [6.45, 7) is 28.2. The van der Waals surface area contributed by atoms with E-state index in [2.05, 4.69) is 93.5 Å². The van der Waals surface area contributed by atoms with Crippen LogP contribution >= 0.6 is 0 Å². The predicted octanol–water partition coefficient (Wildman–Crippen LogP) is 10.6. The first-order valence-electron chi connectivity index (χ1n) is 37.2. The van der Waals surface area contributed by atoms with Gasteiger partial charge in [-0.15, -0.1) is 0 Å². The van der Waals surface area contributed by atoms with E-state index in [4.69, 9.17) is 61.0 Å². The van der Waals surface area contributed by atoms with Gasteiger partial charge in [-0.2, -0.15) is 0 Å². The highest BCUT2D eigenvalue weighted by atomic mass is 28.4. The standard InChI is InChI=1S/C81H108O19Si2/c1-48-38-41-81(88-45-48)49(2)67-64(100-81)43-62-61-37-36-55-42-56(39-40-79(55,14)68(61)63(87)44-80(62,67)15)96-75-73(94-53(6)85)72(93-52(5)84)70(66(97-75)47-90-102(78(11,12)13,59-32-24-18-25-33-59)60-34-26-19-27-35-60)99-76-74(95-54(7)86)71(92-51(4)83)69(91-50(3)82)65(98-76)46-89-101(77(8,9)10,57-28-20-16-21-29-57)58-30-22-17-23-31-58/h16-35,48-49,55-56,61-62,64-76H,36-47H2,1-15H3/t48-,49?,55+,56+,61+,62+,64?,65-,66-,67?,68-,69-,70-,71+,72+,73-,74-,75-,76+,79+,80+,81-/m1/s1. The van der Waals surface area contributed by atoms with Crippen LogP contribution in [0.4, 0.5) is 0 Å². The smallest absolute Gasteiger partial charge is 0.303 e. The van der Waals surface area contributed by atoms with Crippen molar-refractivity contribution < 1.29 is 89.7 Å². The van der Waals surface area contributed by atoms with Gasteiger partial charge in [0.2, 0.25) is 0 Å². The van der Waals surface area contributed by atoms with Crippen LogP contribution in [0.25, 0.3) is 0 Å². The average molecular weight is 1440 g/mol. The van der Waals surface area contributed by atoms with Crippen LogP contribution in [0.15, 0.2) is 121 Å². The Labute approximate surface area is 604 Å². The third-order valence-corrected chi connectivity index (χ3v) is 34.6. The van der Waals surface area contributed by atoms with E-state index in [1.54, 1.807) is 0 Å². The summed E-state index contributed by atoms with van der Waals surface area (Å²) in [5.41, 5.74) is -0.533. The lowest BCUT2D eigenvalue weighted by molar-refractivity contribution is -0.364. The van der Waals surface area contributed by atoms with Crippen molar-refractivity contribution in [3.05, 3.63) is 121 Å². The van der Waals surface area contributed by atoms with Crippen LogP contribution in [-0.4, -0.2) is 151 Å². The molecule has 4 saturated heterocycles. The molecule has 8 aliphatic rings. The van der Waals surface area contributed by atoms with E-state index in [9.17, 15) is 24.0 Å². The molecule has 4 aliphatic carbocycles. The molecular weight excluding hydrogens is 1330 g/mol. The van der Waals surface area contributed by atoms with Crippen LogP contribution in [0.1, 0.15) is 162 Å². The number of ketones is 1. The normalized spacial score (nSPS) is 36.1. The molecule has 8 fully saturated rings. The summed E-state index contributed by atoms with van der Waals surface area (Å²) in [4.78, 5) is 84.0. The second kappa shape index (κ2) is 29.7. The first kappa shape index (κ1) is 75.7. The van der Waals surface area contributed by atoms with E-state index >= 15 is 4.79 Å². The molecule has 21 heteroatoms. The van der Waals surface area contributed by atoms with E-state index in [1.807, 2.05) is 97.1 Å². The number of carbonyl (C=O) groups is 6. The molecule has 0 radical (unpaired) electrons. The molecule has 102 heavy (non-hydrogen) atoms. The Morgan fingerprint density at radius 1 is 0.510 bits per heavy atom. The van der Waals surface area contributed by atoms with Crippen molar-refractivity contribution in [2.75, 3.05) is 19.8 Å². The molecule has 4 aromatic carbocycles. The molecule has 554 valence electrons. The van der Waals surface area contributed by atoms with Gasteiger partial charge in [-0.1, -0.05) is 191 Å². The fraction of sp³-hybridized carbons (Fsp3) is 0.630. The SMILES string of the molecule is CC(=O)O[C@@H]1[C@@H](OC(C)=O)[C@H](O[C@H]2[C@H](OC(C)=O)[C@@H](OC(C)=O)[C@H](O[C@H]3CC[C@@]4(C)[C@@H](CC[C@@H]5[C@@H]4C(=O)C[C@]4(C)C6C(C[C@@H]54)O[C@]4(CC[C@@H](C)CO4)C6C)C3)O[C@@H]2CO[Si](c2ccccc2)(c2ccccc2)C(C)(C)C)O[C@H](CO[Si](c2ccccc2)(c2ccccc2)C(C)(C)C)[C@H]1OC(C)=O. The van der Waals surface area contributed by atoms with E-state index in [0.29, 0.717) is 49.9 Å². The molecule has 19 nitrogen and oxygen atoms in total. The summed E-state index contributed by atoms with van der Waals surface area (Å²) in [6.07, 6.45) is -8.66. The van der Waals surface area contributed by atoms with Crippen molar-refractivity contribution in [1.82, 2.24) is 0 Å². The van der Waals surface area contributed by atoms with Crippen molar-refractivity contribution in [3.8, 4) is 0 Å². The van der Waals surface area contributed by atoms with Gasteiger partial charge in [-0.25, -0.2) is 0 Å². The van der Waals surface area contributed by atoms with Gasteiger partial charge in [-0.05, 0) is 116 Å². The van der Waals surface area contributed by atoms with E-state index in [1.165, 1.54) is 34.6 Å². The monoisotopic (exact) mass is 1440 g/mol. The maximum Gasteiger partial charge on any atom is 0.303 e. The lowest BCUT2D eigenvalue weighted by atomic mass is 9.44. The lowest BCUT2D eigenvalue weighted by Gasteiger charge is -2.60. The van der Waals surface area contributed by atoms with Crippen molar-refractivity contribution in [2.24, 2.45) is 52.3 Å². The molecule has 22 atom stereocenters. The predicted molar refractivity (Wildman–Crippen MR) is 384 cm³/mol. The number of Topliss-reactive ketones (excluding diaryl/α,β-unsaturated/α-hetero) is 1. The number of benzene rings is 4. The second-order valence-corrected chi connectivity index (χ2v) is 41.8. The topological polar surface area (TPSA) is 222 Å². The zero-order valence-electron chi connectivity index (χ0n) is 62.3. The van der Waals surface area contributed by atoms with Crippen LogP contribution < -0.4 is 20.7 Å². The molecule has 4 aromatic rings. The number of hydrogen-bond acceptors (Lipinski definition) is 19. The van der Waals surface area contributed by atoms with Crippen molar-refractivity contribution >= 4 is 73.0 Å². The summed E-state index contributed by atoms with van der Waals surface area (Å²) < 4.78 is 89.3. The Morgan fingerprint density at radius 3 is 1.38 bits per heavy atom.